The lowest BCUT2D eigenvalue weighted by Crippen LogP contribution is -2.10. The first-order chi connectivity index (χ1) is 11.0. The Labute approximate surface area is 136 Å². The van der Waals surface area contributed by atoms with Crippen molar-refractivity contribution >= 4 is 21.9 Å². The lowest BCUT2D eigenvalue weighted by Gasteiger charge is -2.18. The summed E-state index contributed by atoms with van der Waals surface area (Å²) in [6.07, 6.45) is 0. The molecule has 0 atom stereocenters. The molecule has 114 valence electrons. The Bertz CT molecular complexity index is 985. The van der Waals surface area contributed by atoms with Gasteiger partial charge in [0.1, 0.15) is 11.2 Å². The van der Waals surface area contributed by atoms with Crippen LogP contribution in [-0.4, -0.2) is 0 Å². The zero-order valence-electron chi connectivity index (χ0n) is 13.8. The van der Waals surface area contributed by atoms with Crippen LogP contribution in [0.2, 0.25) is 0 Å². The molecule has 0 saturated heterocycles. The molecule has 0 unspecified atom stereocenters. The number of hydrogen-bond donors (Lipinski definition) is 0. The summed E-state index contributed by atoms with van der Waals surface area (Å²) >= 11 is 0. The third-order valence-corrected chi connectivity index (χ3v) is 4.44. The van der Waals surface area contributed by atoms with Gasteiger partial charge in [-0.05, 0) is 46.4 Å². The van der Waals surface area contributed by atoms with Crippen LogP contribution in [0.15, 0.2) is 71.1 Å². The van der Waals surface area contributed by atoms with Crippen molar-refractivity contribution in [2.45, 2.75) is 26.2 Å². The van der Waals surface area contributed by atoms with Crippen LogP contribution in [0.5, 0.6) is 0 Å². The fourth-order valence-corrected chi connectivity index (χ4v) is 3.05. The molecule has 4 aromatic rings. The Morgan fingerprint density at radius 2 is 1.30 bits per heavy atom. The fraction of sp³-hybridized carbons (Fsp3) is 0.182. The quantitative estimate of drug-likeness (QED) is 0.388. The number of rotatable bonds is 1. The van der Waals surface area contributed by atoms with Gasteiger partial charge in [-0.1, -0.05) is 63.2 Å². The third kappa shape index (κ3) is 2.43. The summed E-state index contributed by atoms with van der Waals surface area (Å²) in [5.41, 5.74) is 5.83. The zero-order chi connectivity index (χ0) is 16.0. The minimum Gasteiger partial charge on any atom is -0.456 e. The molecule has 1 heterocycles. The number of furan rings is 1. The molecule has 1 heteroatoms. The van der Waals surface area contributed by atoms with Crippen molar-refractivity contribution in [3.63, 3.8) is 0 Å². The van der Waals surface area contributed by atoms with Crippen molar-refractivity contribution in [1.29, 1.82) is 0 Å². The lowest BCUT2D eigenvalue weighted by atomic mass is 9.86. The summed E-state index contributed by atoms with van der Waals surface area (Å²) < 4.78 is 6.01. The molecule has 0 aliphatic heterocycles. The first-order valence-electron chi connectivity index (χ1n) is 8.04. The fourth-order valence-electron chi connectivity index (χ4n) is 3.05. The van der Waals surface area contributed by atoms with Gasteiger partial charge in [-0.25, -0.2) is 0 Å². The van der Waals surface area contributed by atoms with E-state index >= 15 is 0 Å². The Kier molecular flexibility index (Phi) is 3.05. The Hall–Kier alpha value is -2.54. The maximum Gasteiger partial charge on any atom is 0.135 e. The highest BCUT2D eigenvalue weighted by molar-refractivity contribution is 6.06. The topological polar surface area (TPSA) is 13.1 Å². The summed E-state index contributed by atoms with van der Waals surface area (Å²) in [5, 5.41) is 2.39. The minimum absolute atomic E-state index is 0.134. The van der Waals surface area contributed by atoms with Gasteiger partial charge in [-0.15, -0.1) is 0 Å². The molecule has 0 aliphatic carbocycles. The van der Waals surface area contributed by atoms with Gasteiger partial charge in [0, 0.05) is 10.8 Å². The van der Waals surface area contributed by atoms with Crippen LogP contribution in [0.4, 0.5) is 0 Å². The Balaban J connectivity index is 1.97. The monoisotopic (exact) mass is 300 g/mol. The minimum atomic E-state index is 0.134. The van der Waals surface area contributed by atoms with Gasteiger partial charge in [0.2, 0.25) is 0 Å². The van der Waals surface area contributed by atoms with Crippen LogP contribution >= 0.6 is 0 Å². The van der Waals surface area contributed by atoms with Gasteiger partial charge >= 0.3 is 0 Å². The molecule has 0 aliphatic rings. The summed E-state index contributed by atoms with van der Waals surface area (Å²) in [4.78, 5) is 0. The summed E-state index contributed by atoms with van der Waals surface area (Å²) in [7, 11) is 0. The zero-order valence-corrected chi connectivity index (χ0v) is 13.8. The molecular weight excluding hydrogens is 280 g/mol. The van der Waals surface area contributed by atoms with Crippen molar-refractivity contribution in [3.8, 4) is 11.1 Å². The van der Waals surface area contributed by atoms with Gasteiger partial charge in [0.25, 0.3) is 0 Å². The maximum atomic E-state index is 6.01. The molecular formula is C22H20O. The van der Waals surface area contributed by atoms with Crippen LogP contribution in [0.25, 0.3) is 33.1 Å². The Morgan fingerprint density at radius 1 is 0.652 bits per heavy atom. The van der Waals surface area contributed by atoms with Gasteiger partial charge in [0.05, 0.1) is 0 Å². The number of fused-ring (bicyclic) bond motifs is 3. The van der Waals surface area contributed by atoms with Crippen molar-refractivity contribution in [2.75, 3.05) is 0 Å². The predicted octanol–water partition coefficient (Wildman–Crippen LogP) is 6.55. The molecule has 1 aromatic heterocycles. The molecule has 3 aromatic carbocycles. The maximum absolute atomic E-state index is 6.01. The number of hydrogen-bond acceptors (Lipinski definition) is 1. The molecule has 0 spiro atoms. The van der Waals surface area contributed by atoms with Crippen molar-refractivity contribution in [3.05, 3.63) is 72.3 Å². The van der Waals surface area contributed by atoms with Gasteiger partial charge in [-0.3, -0.25) is 0 Å². The standard InChI is InChI=1S/C22H20O/c1-22(2,3)17-10-12-21-19(14-17)18-13-16(9-11-20(18)23-21)15-7-5-4-6-8-15/h4-14H,1-3H3. The molecule has 0 fully saturated rings. The average molecular weight is 300 g/mol. The van der Waals surface area contributed by atoms with Gasteiger partial charge in [0.15, 0.2) is 0 Å². The average Bonchev–Trinajstić information content (AvgIpc) is 2.92. The van der Waals surface area contributed by atoms with E-state index in [2.05, 4.69) is 81.4 Å². The van der Waals surface area contributed by atoms with Gasteiger partial charge in [-0.2, -0.15) is 0 Å². The van der Waals surface area contributed by atoms with Gasteiger partial charge < -0.3 is 4.42 Å². The van der Waals surface area contributed by atoms with Crippen LogP contribution in [-0.2, 0) is 5.41 Å². The van der Waals surface area contributed by atoms with E-state index in [0.717, 1.165) is 11.2 Å². The Morgan fingerprint density at radius 3 is 2.00 bits per heavy atom. The molecule has 4 rings (SSSR count). The van der Waals surface area contributed by atoms with E-state index in [1.165, 1.54) is 27.5 Å². The highest BCUT2D eigenvalue weighted by atomic mass is 16.3. The van der Waals surface area contributed by atoms with Crippen LogP contribution in [0.1, 0.15) is 26.3 Å². The van der Waals surface area contributed by atoms with Crippen molar-refractivity contribution in [1.82, 2.24) is 0 Å². The molecule has 0 saturated carbocycles. The van der Waals surface area contributed by atoms with E-state index in [-0.39, 0.29) is 5.41 Å². The largest absolute Gasteiger partial charge is 0.456 e. The van der Waals surface area contributed by atoms with E-state index in [0.29, 0.717) is 0 Å². The molecule has 0 amide bonds. The highest BCUT2D eigenvalue weighted by Crippen LogP contribution is 2.35. The van der Waals surface area contributed by atoms with Crippen LogP contribution in [0.3, 0.4) is 0 Å². The smallest absolute Gasteiger partial charge is 0.135 e. The first-order valence-corrected chi connectivity index (χ1v) is 8.04. The predicted molar refractivity (Wildman–Crippen MR) is 97.9 cm³/mol. The summed E-state index contributed by atoms with van der Waals surface area (Å²) in [6, 6.07) is 23.5. The summed E-state index contributed by atoms with van der Waals surface area (Å²) in [6.45, 7) is 6.73. The van der Waals surface area contributed by atoms with E-state index in [1.54, 1.807) is 0 Å². The van der Waals surface area contributed by atoms with Crippen LogP contribution < -0.4 is 0 Å². The van der Waals surface area contributed by atoms with E-state index < -0.39 is 0 Å². The highest BCUT2D eigenvalue weighted by Gasteiger charge is 2.16. The second kappa shape index (κ2) is 4.99. The number of benzene rings is 3. The van der Waals surface area contributed by atoms with Crippen molar-refractivity contribution < 1.29 is 4.42 Å². The normalized spacial score (nSPS) is 12.1. The van der Waals surface area contributed by atoms with E-state index in [4.69, 9.17) is 4.42 Å². The first kappa shape index (κ1) is 14.1. The van der Waals surface area contributed by atoms with E-state index in [1.807, 2.05) is 6.07 Å². The van der Waals surface area contributed by atoms with Crippen molar-refractivity contribution in [2.24, 2.45) is 0 Å². The molecule has 0 bridgehead atoms. The van der Waals surface area contributed by atoms with E-state index in [9.17, 15) is 0 Å². The third-order valence-electron chi connectivity index (χ3n) is 4.44. The van der Waals surface area contributed by atoms with Crippen LogP contribution in [0, 0.1) is 0 Å². The molecule has 0 radical (unpaired) electrons. The SMILES string of the molecule is CC(C)(C)c1ccc2oc3ccc(-c4ccccc4)cc3c2c1. The second-order valence-electron chi connectivity index (χ2n) is 7.14. The lowest BCUT2D eigenvalue weighted by molar-refractivity contribution is 0.590. The second-order valence-corrected chi connectivity index (χ2v) is 7.14. The molecule has 1 nitrogen and oxygen atoms in total. The molecule has 0 N–H and O–H groups in total. The molecule has 23 heavy (non-hydrogen) atoms. The summed E-state index contributed by atoms with van der Waals surface area (Å²) in [5.74, 6) is 0.